The van der Waals surface area contributed by atoms with Gasteiger partial charge in [0.15, 0.2) is 0 Å². The molecule has 1 heterocycles. The second-order valence-electron chi connectivity index (χ2n) is 4.15. The molecule has 0 aliphatic rings. The molecule has 6 nitrogen and oxygen atoms in total. The number of rotatable bonds is 2. The minimum atomic E-state index is -0.462. The molecule has 18 heavy (non-hydrogen) atoms. The van der Waals surface area contributed by atoms with Gasteiger partial charge < -0.3 is 10.4 Å². The molecule has 2 rings (SSSR count). The number of nitrogens with one attached hydrogen (secondary N) is 1. The summed E-state index contributed by atoms with van der Waals surface area (Å²) in [7, 11) is 3.20. The topological polar surface area (TPSA) is 76.3 Å². The van der Waals surface area contributed by atoms with Crippen LogP contribution >= 0.6 is 0 Å². The Morgan fingerprint density at radius 2 is 2.00 bits per heavy atom. The van der Waals surface area contributed by atoms with Gasteiger partial charge in [0.05, 0.1) is 17.1 Å². The van der Waals surface area contributed by atoms with Crippen molar-refractivity contribution in [1.82, 2.24) is 14.5 Å². The van der Waals surface area contributed by atoms with Gasteiger partial charge in [-0.1, -0.05) is 6.07 Å². The van der Waals surface area contributed by atoms with Gasteiger partial charge in [0.2, 0.25) is 0 Å². The fourth-order valence-corrected chi connectivity index (χ4v) is 2.00. The van der Waals surface area contributed by atoms with Crippen LogP contribution in [-0.2, 0) is 7.05 Å². The van der Waals surface area contributed by atoms with E-state index in [4.69, 9.17) is 0 Å². The molecule has 0 bridgehead atoms. The maximum Gasteiger partial charge on any atom is 0.332 e. The van der Waals surface area contributed by atoms with Crippen LogP contribution in [0.1, 0.15) is 13.1 Å². The number of aryl methyl sites for hydroxylation is 1. The number of aromatic nitrogens is 2. The smallest absolute Gasteiger partial charge is 0.332 e. The number of aromatic hydroxyl groups is 1. The van der Waals surface area contributed by atoms with E-state index in [0.717, 1.165) is 4.57 Å². The molecular formula is C12H15N3O3. The lowest BCUT2D eigenvalue weighted by atomic mass is 10.2. The molecule has 0 aliphatic carbocycles. The van der Waals surface area contributed by atoms with E-state index in [9.17, 15) is 14.7 Å². The van der Waals surface area contributed by atoms with E-state index < -0.39 is 17.4 Å². The van der Waals surface area contributed by atoms with Crippen molar-refractivity contribution < 1.29 is 5.11 Å². The lowest BCUT2D eigenvalue weighted by Gasteiger charge is -2.16. The highest BCUT2D eigenvalue weighted by Gasteiger charge is 2.16. The summed E-state index contributed by atoms with van der Waals surface area (Å²) < 4.78 is 2.40. The summed E-state index contributed by atoms with van der Waals surface area (Å²) in [6, 6.07) is 4.63. The zero-order valence-corrected chi connectivity index (χ0v) is 10.5. The summed E-state index contributed by atoms with van der Waals surface area (Å²) in [4.78, 5) is 24.4. The van der Waals surface area contributed by atoms with E-state index in [-0.39, 0.29) is 11.3 Å². The van der Waals surface area contributed by atoms with Crippen molar-refractivity contribution in [3.8, 4) is 5.75 Å². The van der Waals surface area contributed by atoms with Crippen LogP contribution in [0.2, 0.25) is 0 Å². The molecule has 0 saturated carbocycles. The van der Waals surface area contributed by atoms with Gasteiger partial charge in [-0.15, -0.1) is 0 Å². The monoisotopic (exact) mass is 249 g/mol. The van der Waals surface area contributed by atoms with Gasteiger partial charge in [0.1, 0.15) is 5.75 Å². The Bertz CT molecular complexity index is 715. The summed E-state index contributed by atoms with van der Waals surface area (Å²) in [6.45, 7) is 1.72. The molecule has 1 aromatic heterocycles. The number of phenolic OH excluding ortho intramolecular Hbond substituents is 1. The number of phenols is 1. The number of benzene rings is 1. The van der Waals surface area contributed by atoms with Crippen LogP contribution in [0.15, 0.2) is 27.8 Å². The van der Waals surface area contributed by atoms with Gasteiger partial charge in [-0.05, 0) is 26.1 Å². The number of para-hydroxylation sites is 1. The molecule has 1 aromatic carbocycles. The Kier molecular flexibility index (Phi) is 2.96. The third-order valence-electron chi connectivity index (χ3n) is 3.10. The minimum absolute atomic E-state index is 0.0755. The average molecular weight is 249 g/mol. The number of hydrogen-bond acceptors (Lipinski definition) is 4. The van der Waals surface area contributed by atoms with E-state index in [1.54, 1.807) is 26.1 Å². The molecule has 1 unspecified atom stereocenters. The molecule has 1 atom stereocenters. The van der Waals surface area contributed by atoms with Crippen molar-refractivity contribution in [3.63, 3.8) is 0 Å². The van der Waals surface area contributed by atoms with Crippen LogP contribution in [0, 0.1) is 0 Å². The van der Waals surface area contributed by atoms with Crippen molar-refractivity contribution in [2.45, 2.75) is 13.1 Å². The summed E-state index contributed by atoms with van der Waals surface area (Å²) in [6.07, 6.45) is -0.414. The summed E-state index contributed by atoms with van der Waals surface area (Å²) in [5, 5.41) is 12.9. The fraction of sp³-hybridized carbons (Fsp3) is 0.333. The van der Waals surface area contributed by atoms with Crippen molar-refractivity contribution in [2.24, 2.45) is 7.05 Å². The van der Waals surface area contributed by atoms with E-state index in [2.05, 4.69) is 5.32 Å². The lowest BCUT2D eigenvalue weighted by molar-refractivity contribution is 0.434. The first-order valence-corrected chi connectivity index (χ1v) is 5.59. The van der Waals surface area contributed by atoms with E-state index in [0.29, 0.717) is 5.39 Å². The molecule has 0 amide bonds. The largest absolute Gasteiger partial charge is 0.506 e. The summed E-state index contributed by atoms with van der Waals surface area (Å²) in [5.74, 6) is -0.0755. The third kappa shape index (κ3) is 1.62. The maximum absolute atomic E-state index is 12.3. The predicted molar refractivity (Wildman–Crippen MR) is 68.9 cm³/mol. The number of nitrogens with zero attached hydrogens (tertiary/aromatic N) is 2. The molecule has 2 N–H and O–H groups in total. The van der Waals surface area contributed by atoms with Crippen LogP contribution < -0.4 is 16.6 Å². The minimum Gasteiger partial charge on any atom is -0.506 e. The maximum atomic E-state index is 12.3. The van der Waals surface area contributed by atoms with Gasteiger partial charge in [-0.2, -0.15) is 0 Å². The molecule has 0 radical (unpaired) electrons. The molecule has 0 aliphatic heterocycles. The molecule has 0 spiro atoms. The highest BCUT2D eigenvalue weighted by atomic mass is 16.3. The summed E-state index contributed by atoms with van der Waals surface area (Å²) in [5.41, 5.74) is -0.617. The number of fused-ring (bicyclic) bond motifs is 1. The van der Waals surface area contributed by atoms with Crippen molar-refractivity contribution in [3.05, 3.63) is 39.0 Å². The van der Waals surface area contributed by atoms with Crippen LogP contribution in [0.3, 0.4) is 0 Å². The van der Waals surface area contributed by atoms with Crippen LogP contribution in [-0.4, -0.2) is 21.3 Å². The lowest BCUT2D eigenvalue weighted by Crippen LogP contribution is -2.44. The highest BCUT2D eigenvalue weighted by Crippen LogP contribution is 2.19. The third-order valence-corrected chi connectivity index (χ3v) is 3.10. The van der Waals surface area contributed by atoms with E-state index in [1.807, 2.05) is 0 Å². The standard InChI is InChI=1S/C12H15N3O3/c1-7(13-2)15-11(17)8-5-4-6-9(16)10(8)14(3)12(15)18/h4-7,13,16H,1-3H3. The normalized spacial score (nSPS) is 12.8. The first kappa shape index (κ1) is 12.4. The van der Waals surface area contributed by atoms with Crippen molar-refractivity contribution in [2.75, 3.05) is 7.05 Å². The zero-order chi connectivity index (χ0) is 13.4. The molecule has 96 valence electrons. The Labute approximate surface area is 103 Å². The Morgan fingerprint density at radius 3 is 2.61 bits per heavy atom. The summed E-state index contributed by atoms with van der Waals surface area (Å²) >= 11 is 0. The first-order chi connectivity index (χ1) is 8.49. The van der Waals surface area contributed by atoms with E-state index in [1.165, 1.54) is 17.7 Å². The van der Waals surface area contributed by atoms with Crippen LogP contribution in [0.5, 0.6) is 5.75 Å². The van der Waals surface area contributed by atoms with Gasteiger partial charge in [0, 0.05) is 7.05 Å². The van der Waals surface area contributed by atoms with Gasteiger partial charge in [0.25, 0.3) is 5.56 Å². The van der Waals surface area contributed by atoms with Gasteiger partial charge in [-0.3, -0.25) is 9.36 Å². The molecule has 2 aromatic rings. The van der Waals surface area contributed by atoms with Gasteiger partial charge in [-0.25, -0.2) is 9.36 Å². The molecule has 6 heteroatoms. The Balaban J connectivity index is 3.03. The van der Waals surface area contributed by atoms with Crippen molar-refractivity contribution in [1.29, 1.82) is 0 Å². The Morgan fingerprint density at radius 1 is 1.33 bits per heavy atom. The molecule has 0 fully saturated rings. The zero-order valence-electron chi connectivity index (χ0n) is 10.5. The SMILES string of the molecule is CNC(C)n1c(=O)c2cccc(O)c2n(C)c1=O. The van der Waals surface area contributed by atoms with E-state index >= 15 is 0 Å². The second kappa shape index (κ2) is 4.30. The quantitative estimate of drug-likeness (QED) is 0.794. The highest BCUT2D eigenvalue weighted by molar-refractivity contribution is 5.83. The van der Waals surface area contributed by atoms with Crippen LogP contribution in [0.25, 0.3) is 10.9 Å². The molecular weight excluding hydrogens is 234 g/mol. The average Bonchev–Trinajstić information content (AvgIpc) is 2.35. The number of hydrogen-bond donors (Lipinski definition) is 2. The van der Waals surface area contributed by atoms with Gasteiger partial charge >= 0.3 is 5.69 Å². The second-order valence-corrected chi connectivity index (χ2v) is 4.15. The first-order valence-electron chi connectivity index (χ1n) is 5.59. The van der Waals surface area contributed by atoms with Crippen molar-refractivity contribution >= 4 is 10.9 Å². The fourth-order valence-electron chi connectivity index (χ4n) is 2.00. The predicted octanol–water partition coefficient (Wildman–Crippen LogP) is 0.144. The van der Waals surface area contributed by atoms with Crippen LogP contribution in [0.4, 0.5) is 0 Å². The Hall–Kier alpha value is -2.08. The molecule has 0 saturated heterocycles.